The zero-order chi connectivity index (χ0) is 19.5. The van der Waals surface area contributed by atoms with Crippen LogP contribution in [0.5, 0.6) is 0 Å². The molecule has 0 aliphatic heterocycles. The van der Waals surface area contributed by atoms with Crippen molar-refractivity contribution in [1.29, 1.82) is 0 Å². The monoisotopic (exact) mass is 383 g/mol. The molecule has 0 fully saturated rings. The minimum Gasteiger partial charge on any atom is -0.481 e. The second-order valence-electron chi connectivity index (χ2n) is 6.60. The molecule has 9 heteroatoms. The van der Waals surface area contributed by atoms with E-state index >= 15 is 0 Å². The molecule has 0 aliphatic carbocycles. The van der Waals surface area contributed by atoms with E-state index in [9.17, 15) is 26.6 Å². The summed E-state index contributed by atoms with van der Waals surface area (Å²) in [7, 11) is -2.16. The van der Waals surface area contributed by atoms with Crippen LogP contribution in [0.15, 0.2) is 24.3 Å². The summed E-state index contributed by atoms with van der Waals surface area (Å²) in [6.45, 7) is 2.67. The Bertz CT molecular complexity index is 649. The van der Waals surface area contributed by atoms with Gasteiger partial charge in [-0.1, -0.05) is 18.2 Å². The molecule has 0 aliphatic rings. The summed E-state index contributed by atoms with van der Waals surface area (Å²) in [5.41, 5.74) is -3.66. The van der Waals surface area contributed by atoms with E-state index in [1.165, 1.54) is 32.9 Å². The van der Waals surface area contributed by atoms with Gasteiger partial charge in [0.2, 0.25) is 0 Å². The third-order valence-corrected chi connectivity index (χ3v) is 5.28. The molecule has 25 heavy (non-hydrogen) atoms. The van der Waals surface area contributed by atoms with Crippen molar-refractivity contribution in [2.45, 2.75) is 49.8 Å². The number of carboxylic acid groups (broad SMARTS) is 1. The highest BCUT2D eigenvalue weighted by atomic mass is 32.2. The van der Waals surface area contributed by atoms with Crippen LogP contribution in [0.3, 0.4) is 0 Å². The quantitative estimate of drug-likeness (QED) is 0.675. The summed E-state index contributed by atoms with van der Waals surface area (Å²) in [4.78, 5) is 10.7. The number of rotatable bonds is 8. The van der Waals surface area contributed by atoms with Gasteiger partial charge >= 0.3 is 5.97 Å². The van der Waals surface area contributed by atoms with Crippen molar-refractivity contribution in [3.63, 3.8) is 0 Å². The summed E-state index contributed by atoms with van der Waals surface area (Å²) in [6, 6.07) is 4.35. The fourth-order valence-electron chi connectivity index (χ4n) is 2.12. The molecule has 2 atom stereocenters. The molecule has 0 spiro atoms. The van der Waals surface area contributed by atoms with Crippen LogP contribution in [0.25, 0.3) is 0 Å². The second kappa shape index (κ2) is 7.82. The molecule has 1 aromatic carbocycles. The average molecular weight is 383 g/mol. The average Bonchev–Trinajstić information content (AvgIpc) is 2.50. The highest BCUT2D eigenvalue weighted by molar-refractivity contribution is 7.84. The van der Waals surface area contributed by atoms with Gasteiger partial charge in [-0.15, -0.1) is 0 Å². The first kappa shape index (κ1) is 21.6. The van der Waals surface area contributed by atoms with Crippen molar-refractivity contribution < 1.29 is 31.7 Å². The van der Waals surface area contributed by atoms with Gasteiger partial charge in [-0.3, -0.25) is 4.79 Å². The van der Waals surface area contributed by atoms with Crippen LogP contribution in [-0.2, 0) is 21.3 Å². The van der Waals surface area contributed by atoms with Crippen molar-refractivity contribution in [2.75, 3.05) is 6.67 Å². The van der Waals surface area contributed by atoms with Crippen LogP contribution < -0.4 is 4.72 Å². The molecule has 0 heterocycles. The summed E-state index contributed by atoms with van der Waals surface area (Å²) >= 11 is 0. The van der Waals surface area contributed by atoms with Crippen molar-refractivity contribution in [1.82, 2.24) is 4.72 Å². The van der Waals surface area contributed by atoms with Crippen LogP contribution in [0.4, 0.5) is 17.6 Å². The van der Waals surface area contributed by atoms with Gasteiger partial charge in [0.1, 0.15) is 12.5 Å². The molecule has 0 bridgehead atoms. The third-order valence-electron chi connectivity index (χ3n) is 3.63. The molecule has 142 valence electrons. The Morgan fingerprint density at radius 2 is 1.80 bits per heavy atom. The predicted molar refractivity (Wildman–Crippen MR) is 86.9 cm³/mol. The molecule has 1 unspecified atom stereocenters. The number of carboxylic acids is 1. The van der Waals surface area contributed by atoms with Gasteiger partial charge in [0.25, 0.3) is 5.92 Å². The highest BCUT2D eigenvalue weighted by Crippen LogP contribution is 2.43. The molecule has 0 aromatic heterocycles. The Morgan fingerprint density at radius 3 is 2.24 bits per heavy atom. The van der Waals surface area contributed by atoms with Crippen molar-refractivity contribution in [2.24, 2.45) is 0 Å². The van der Waals surface area contributed by atoms with E-state index in [1.54, 1.807) is 0 Å². The Hall–Kier alpha value is -1.48. The Morgan fingerprint density at radius 1 is 1.24 bits per heavy atom. The fourth-order valence-corrected chi connectivity index (χ4v) is 3.06. The Kier molecular flexibility index (Phi) is 6.74. The number of aliphatic carboxylic acids is 1. The maximum absolute atomic E-state index is 14.9. The normalized spacial score (nSPS) is 16.3. The van der Waals surface area contributed by atoms with E-state index in [4.69, 9.17) is 5.11 Å². The highest BCUT2D eigenvalue weighted by Gasteiger charge is 2.57. The molecule has 0 radical (unpaired) electrons. The second-order valence-corrected chi connectivity index (χ2v) is 8.57. The first-order valence-corrected chi connectivity index (χ1v) is 8.62. The maximum atomic E-state index is 14.9. The lowest BCUT2D eigenvalue weighted by atomic mass is 9.83. The predicted octanol–water partition coefficient (Wildman–Crippen LogP) is 3.54. The number of benzene rings is 1. The largest absolute Gasteiger partial charge is 0.481 e. The van der Waals surface area contributed by atoms with E-state index in [2.05, 4.69) is 4.72 Å². The number of nitrogens with one attached hydrogen (secondary N) is 1. The van der Waals surface area contributed by atoms with Gasteiger partial charge in [0.05, 0.1) is 22.2 Å². The van der Waals surface area contributed by atoms with E-state index in [-0.39, 0.29) is 0 Å². The van der Waals surface area contributed by atoms with Gasteiger partial charge in [0, 0.05) is 12.0 Å². The molecule has 1 rings (SSSR count). The van der Waals surface area contributed by atoms with Crippen LogP contribution in [-0.4, -0.2) is 32.6 Å². The van der Waals surface area contributed by atoms with E-state index in [0.29, 0.717) is 0 Å². The molecule has 0 saturated heterocycles. The van der Waals surface area contributed by atoms with E-state index in [0.717, 1.165) is 12.1 Å². The van der Waals surface area contributed by atoms with Crippen molar-refractivity contribution in [3.8, 4) is 0 Å². The van der Waals surface area contributed by atoms with E-state index in [1.807, 2.05) is 0 Å². The number of hydrogen-bond acceptors (Lipinski definition) is 2. The zero-order valence-electron chi connectivity index (χ0n) is 14.1. The standard InChI is InChI=1S/C16H21F4NO3S/c1-14(2,3)25(24)21-15(10-17,11-6-4-5-7-12(11)18)16(19,20)9-8-13(22)23/h4-7,21H,8-10H2,1-3H3,(H,22,23)/t15-,25?/m1/s1. The molecule has 2 N–H and O–H groups in total. The van der Waals surface area contributed by atoms with Crippen molar-refractivity contribution in [3.05, 3.63) is 35.6 Å². The summed E-state index contributed by atoms with van der Waals surface area (Å²) < 4.78 is 71.2. The van der Waals surface area contributed by atoms with Gasteiger partial charge in [-0.2, -0.15) is 0 Å². The zero-order valence-corrected chi connectivity index (χ0v) is 14.9. The van der Waals surface area contributed by atoms with Gasteiger partial charge in [0.15, 0.2) is 5.54 Å². The molecular formula is C16H21F4NO3S. The van der Waals surface area contributed by atoms with E-state index < -0.39 is 64.1 Å². The minimum absolute atomic E-state index is 0.703. The van der Waals surface area contributed by atoms with Gasteiger partial charge in [-0.05, 0) is 26.8 Å². The first-order chi connectivity index (χ1) is 11.4. The lowest BCUT2D eigenvalue weighted by Crippen LogP contribution is -2.60. The molecule has 0 saturated carbocycles. The van der Waals surface area contributed by atoms with Crippen LogP contribution >= 0.6 is 0 Å². The number of carbonyl (C=O) groups is 1. The lowest BCUT2D eigenvalue weighted by Gasteiger charge is -2.40. The van der Waals surface area contributed by atoms with Crippen LogP contribution in [0.1, 0.15) is 39.2 Å². The molecule has 0 amide bonds. The SMILES string of the molecule is CC(C)(C)S(=O)N[C@](CF)(c1ccccc1F)C(F)(F)CCC(=O)O. The minimum atomic E-state index is -4.01. The maximum Gasteiger partial charge on any atom is 0.303 e. The van der Waals surface area contributed by atoms with Gasteiger partial charge in [-0.25, -0.2) is 26.5 Å². The summed E-state index contributed by atoms with van der Waals surface area (Å²) in [5.74, 6) is -6.62. The topological polar surface area (TPSA) is 66.4 Å². The smallest absolute Gasteiger partial charge is 0.303 e. The molecular weight excluding hydrogens is 362 g/mol. The summed E-state index contributed by atoms with van der Waals surface area (Å²) in [6.07, 6.45) is -2.19. The summed E-state index contributed by atoms with van der Waals surface area (Å²) in [5, 5.41) is 8.67. The fraction of sp³-hybridized carbons (Fsp3) is 0.562. The van der Waals surface area contributed by atoms with Gasteiger partial charge < -0.3 is 5.11 Å². The first-order valence-electron chi connectivity index (χ1n) is 7.47. The number of halogens is 4. The van der Waals surface area contributed by atoms with Crippen LogP contribution in [0, 0.1) is 5.82 Å². The Balaban J connectivity index is 3.50. The van der Waals surface area contributed by atoms with Crippen LogP contribution in [0.2, 0.25) is 0 Å². The lowest BCUT2D eigenvalue weighted by molar-refractivity contribution is -0.143. The number of hydrogen-bond donors (Lipinski definition) is 2. The Labute approximate surface area is 146 Å². The molecule has 1 aromatic rings. The number of alkyl halides is 3. The van der Waals surface area contributed by atoms with Crippen molar-refractivity contribution >= 4 is 17.0 Å². The molecule has 4 nitrogen and oxygen atoms in total. The third kappa shape index (κ3) is 4.78.